The van der Waals surface area contributed by atoms with Gasteiger partial charge in [0.25, 0.3) is 5.91 Å². The lowest BCUT2D eigenvalue weighted by atomic mass is 10.1. The van der Waals surface area contributed by atoms with Crippen molar-refractivity contribution in [3.63, 3.8) is 0 Å². The van der Waals surface area contributed by atoms with E-state index in [-0.39, 0.29) is 23.6 Å². The number of nitrogens with one attached hydrogen (secondary N) is 1. The topological polar surface area (TPSA) is 38.3 Å². The van der Waals surface area contributed by atoms with Crippen LogP contribution in [0.25, 0.3) is 0 Å². The van der Waals surface area contributed by atoms with Crippen LogP contribution in [0.4, 0.5) is 4.39 Å². The van der Waals surface area contributed by atoms with Gasteiger partial charge in [-0.25, -0.2) is 4.39 Å². The monoisotopic (exact) mass is 249 g/mol. The third-order valence-corrected chi connectivity index (χ3v) is 3.66. The number of amides is 1. The van der Waals surface area contributed by atoms with E-state index in [0.29, 0.717) is 12.5 Å². The zero-order valence-corrected chi connectivity index (χ0v) is 10.1. The van der Waals surface area contributed by atoms with E-state index in [1.165, 1.54) is 25.0 Å². The van der Waals surface area contributed by atoms with Crippen LogP contribution in [0.15, 0.2) is 24.3 Å². The lowest BCUT2D eigenvalue weighted by molar-refractivity contribution is 0.0728. The molecule has 2 aliphatic rings. The summed E-state index contributed by atoms with van der Waals surface area (Å²) in [6.07, 6.45) is 3.30. The largest absolute Gasteiger partial charge is 0.376 e. The Morgan fingerprint density at radius 3 is 2.78 bits per heavy atom. The molecule has 3 nitrogen and oxygen atoms in total. The third kappa shape index (κ3) is 2.25. The molecule has 1 aliphatic heterocycles. The smallest absolute Gasteiger partial charge is 0.254 e. The number of rotatable bonds is 3. The van der Waals surface area contributed by atoms with Crippen molar-refractivity contribution in [2.75, 3.05) is 6.61 Å². The minimum atomic E-state index is -0.475. The van der Waals surface area contributed by atoms with E-state index in [0.717, 1.165) is 6.42 Å². The fourth-order valence-electron chi connectivity index (χ4n) is 2.55. The van der Waals surface area contributed by atoms with Gasteiger partial charge in [0, 0.05) is 6.61 Å². The molecule has 18 heavy (non-hydrogen) atoms. The van der Waals surface area contributed by atoms with Crippen molar-refractivity contribution in [2.45, 2.75) is 31.4 Å². The standard InChI is InChI=1S/C14H16FNO2/c15-11-4-2-1-3-10(11)14(17)16-12-7-8-18-13(12)9-5-6-9/h1-4,9,12-13H,5-8H2,(H,16,17). The van der Waals surface area contributed by atoms with Gasteiger partial charge in [-0.1, -0.05) is 12.1 Å². The summed E-state index contributed by atoms with van der Waals surface area (Å²) in [6.45, 7) is 0.684. The third-order valence-electron chi connectivity index (χ3n) is 3.66. The van der Waals surface area contributed by atoms with Crippen LogP contribution < -0.4 is 5.32 Å². The minimum Gasteiger partial charge on any atom is -0.376 e. The SMILES string of the molecule is O=C(NC1CCOC1C1CC1)c1ccccc1F. The zero-order chi connectivity index (χ0) is 12.5. The van der Waals surface area contributed by atoms with Crippen molar-refractivity contribution in [1.82, 2.24) is 5.32 Å². The quantitative estimate of drug-likeness (QED) is 0.891. The average Bonchev–Trinajstić information content (AvgIpc) is 3.11. The highest BCUT2D eigenvalue weighted by Crippen LogP contribution is 2.38. The molecule has 2 unspecified atom stereocenters. The first-order chi connectivity index (χ1) is 8.75. The normalized spacial score (nSPS) is 27.2. The molecular weight excluding hydrogens is 233 g/mol. The number of halogens is 1. The van der Waals surface area contributed by atoms with Crippen LogP contribution in [0.2, 0.25) is 0 Å². The van der Waals surface area contributed by atoms with Crippen molar-refractivity contribution in [1.29, 1.82) is 0 Å². The number of carbonyl (C=O) groups excluding carboxylic acids is 1. The van der Waals surface area contributed by atoms with E-state index in [2.05, 4.69) is 5.32 Å². The summed E-state index contributed by atoms with van der Waals surface area (Å²) in [7, 11) is 0. The van der Waals surface area contributed by atoms with Crippen LogP contribution in [-0.2, 0) is 4.74 Å². The van der Waals surface area contributed by atoms with Crippen molar-refractivity contribution >= 4 is 5.91 Å². The molecule has 0 aromatic heterocycles. The van der Waals surface area contributed by atoms with Gasteiger partial charge < -0.3 is 10.1 Å². The van der Waals surface area contributed by atoms with Crippen molar-refractivity contribution in [3.8, 4) is 0 Å². The fraction of sp³-hybridized carbons (Fsp3) is 0.500. The second-order valence-electron chi connectivity index (χ2n) is 5.02. The van der Waals surface area contributed by atoms with E-state index < -0.39 is 5.82 Å². The number of hydrogen-bond donors (Lipinski definition) is 1. The van der Waals surface area contributed by atoms with E-state index in [9.17, 15) is 9.18 Å². The molecule has 1 saturated carbocycles. The van der Waals surface area contributed by atoms with Gasteiger partial charge in [0.2, 0.25) is 0 Å². The summed E-state index contributed by atoms with van der Waals surface area (Å²) in [6, 6.07) is 6.09. The van der Waals surface area contributed by atoms with Gasteiger partial charge >= 0.3 is 0 Å². The molecule has 0 radical (unpaired) electrons. The predicted molar refractivity (Wildman–Crippen MR) is 64.7 cm³/mol. The second kappa shape index (κ2) is 4.69. The molecule has 0 bridgehead atoms. The summed E-state index contributed by atoms with van der Waals surface area (Å²) in [5.74, 6) is -0.232. The summed E-state index contributed by atoms with van der Waals surface area (Å²) in [4.78, 5) is 12.0. The Labute approximate surface area is 105 Å². The van der Waals surface area contributed by atoms with Crippen LogP contribution in [0.5, 0.6) is 0 Å². The summed E-state index contributed by atoms with van der Waals surface area (Å²) in [5, 5.41) is 2.90. The maximum Gasteiger partial charge on any atom is 0.254 e. The molecule has 1 heterocycles. The van der Waals surface area contributed by atoms with E-state index in [1.807, 2.05) is 0 Å². The van der Waals surface area contributed by atoms with Gasteiger partial charge in [0.05, 0.1) is 17.7 Å². The van der Waals surface area contributed by atoms with Gasteiger partial charge in [-0.05, 0) is 37.3 Å². The molecule has 1 aromatic carbocycles. The van der Waals surface area contributed by atoms with E-state index in [1.54, 1.807) is 12.1 Å². The Morgan fingerprint density at radius 2 is 2.06 bits per heavy atom. The molecule has 2 atom stereocenters. The maximum absolute atomic E-state index is 13.5. The summed E-state index contributed by atoms with van der Waals surface area (Å²) >= 11 is 0. The molecule has 1 N–H and O–H groups in total. The van der Waals surface area contributed by atoms with Crippen LogP contribution in [-0.4, -0.2) is 24.7 Å². The van der Waals surface area contributed by atoms with Crippen LogP contribution >= 0.6 is 0 Å². The Balaban J connectivity index is 1.69. The number of ether oxygens (including phenoxy) is 1. The van der Waals surface area contributed by atoms with Crippen LogP contribution in [0.3, 0.4) is 0 Å². The minimum absolute atomic E-state index is 0.0320. The van der Waals surface area contributed by atoms with Gasteiger partial charge in [-0.2, -0.15) is 0 Å². The lowest BCUT2D eigenvalue weighted by Crippen LogP contribution is -2.41. The van der Waals surface area contributed by atoms with E-state index in [4.69, 9.17) is 4.74 Å². The molecule has 3 rings (SSSR count). The first kappa shape index (κ1) is 11.7. The van der Waals surface area contributed by atoms with Gasteiger partial charge in [-0.15, -0.1) is 0 Å². The molecule has 96 valence electrons. The molecule has 1 amide bonds. The average molecular weight is 249 g/mol. The number of benzene rings is 1. The van der Waals surface area contributed by atoms with Gasteiger partial charge in [-0.3, -0.25) is 4.79 Å². The molecule has 1 aromatic rings. The highest BCUT2D eigenvalue weighted by molar-refractivity contribution is 5.94. The first-order valence-electron chi connectivity index (χ1n) is 6.42. The lowest BCUT2D eigenvalue weighted by Gasteiger charge is -2.19. The fourth-order valence-corrected chi connectivity index (χ4v) is 2.55. The van der Waals surface area contributed by atoms with Crippen molar-refractivity contribution < 1.29 is 13.9 Å². The Kier molecular flexibility index (Phi) is 3.04. The first-order valence-corrected chi connectivity index (χ1v) is 6.42. The van der Waals surface area contributed by atoms with Gasteiger partial charge in [0.1, 0.15) is 5.82 Å². The highest BCUT2D eigenvalue weighted by atomic mass is 19.1. The van der Waals surface area contributed by atoms with Crippen molar-refractivity contribution in [2.24, 2.45) is 5.92 Å². The number of hydrogen-bond acceptors (Lipinski definition) is 2. The van der Waals surface area contributed by atoms with Gasteiger partial charge in [0.15, 0.2) is 0 Å². The van der Waals surface area contributed by atoms with E-state index >= 15 is 0 Å². The highest BCUT2D eigenvalue weighted by Gasteiger charge is 2.41. The maximum atomic E-state index is 13.5. The second-order valence-corrected chi connectivity index (χ2v) is 5.02. The van der Waals surface area contributed by atoms with Crippen LogP contribution in [0.1, 0.15) is 29.6 Å². The summed E-state index contributed by atoms with van der Waals surface area (Å²) < 4.78 is 19.1. The van der Waals surface area contributed by atoms with Crippen LogP contribution in [0, 0.1) is 11.7 Å². The number of carbonyl (C=O) groups is 1. The van der Waals surface area contributed by atoms with Crippen molar-refractivity contribution in [3.05, 3.63) is 35.6 Å². The zero-order valence-electron chi connectivity index (χ0n) is 10.1. The molecule has 1 saturated heterocycles. The molecule has 2 fully saturated rings. The molecule has 4 heteroatoms. The molecule has 0 spiro atoms. The Hall–Kier alpha value is -1.42. The summed E-state index contributed by atoms with van der Waals surface area (Å²) in [5.41, 5.74) is 0.110. The Morgan fingerprint density at radius 1 is 1.28 bits per heavy atom. The predicted octanol–water partition coefficient (Wildman–Crippen LogP) is 2.12. The molecular formula is C14H16FNO2. The Bertz CT molecular complexity index is 459. The molecule has 1 aliphatic carbocycles.